The topological polar surface area (TPSA) is 97.4 Å². The van der Waals surface area contributed by atoms with Crippen molar-refractivity contribution in [2.75, 3.05) is 0 Å². The first-order valence-electron chi connectivity index (χ1n) is 22.9. The molecule has 2 aliphatic rings. The molecular formula is C61H33N7O. The third kappa shape index (κ3) is 4.88. The van der Waals surface area contributed by atoms with Crippen molar-refractivity contribution in [1.82, 2.24) is 23.7 Å². The Morgan fingerprint density at radius 2 is 0.870 bits per heavy atom. The van der Waals surface area contributed by atoms with E-state index in [1.165, 1.54) is 10.8 Å². The van der Waals surface area contributed by atoms with Crippen molar-refractivity contribution in [2.24, 2.45) is 0 Å². The van der Waals surface area contributed by atoms with Gasteiger partial charge in [-0.15, -0.1) is 0 Å². The van der Waals surface area contributed by atoms with Gasteiger partial charge in [-0.3, -0.25) is 9.97 Å². The van der Waals surface area contributed by atoms with Gasteiger partial charge in [0.05, 0.1) is 85.1 Å². The molecule has 0 radical (unpaired) electrons. The van der Waals surface area contributed by atoms with Gasteiger partial charge in [-0.2, -0.15) is 10.5 Å². The Kier molecular flexibility index (Phi) is 7.41. The fraction of sp³-hybridized carbons (Fsp3) is 0.0164. The molecule has 1 aliphatic carbocycles. The van der Waals surface area contributed by atoms with E-state index in [1.807, 2.05) is 60.9 Å². The summed E-state index contributed by atoms with van der Waals surface area (Å²) >= 11 is 0. The molecule has 0 N–H and O–H groups in total. The number of fused-ring (bicyclic) bond motifs is 18. The van der Waals surface area contributed by atoms with Gasteiger partial charge in [-0.05, 0) is 103 Å². The number of pyridine rings is 2. The summed E-state index contributed by atoms with van der Waals surface area (Å²) in [6.07, 6.45) is 3.86. The summed E-state index contributed by atoms with van der Waals surface area (Å²) in [6, 6.07) is 70.1. The molecule has 0 saturated heterocycles. The van der Waals surface area contributed by atoms with Gasteiger partial charge in [0.15, 0.2) is 0 Å². The largest absolute Gasteiger partial charge is 0.457 e. The van der Waals surface area contributed by atoms with Gasteiger partial charge < -0.3 is 18.4 Å². The maximum atomic E-state index is 9.83. The van der Waals surface area contributed by atoms with Crippen LogP contribution < -0.4 is 4.74 Å². The first-order valence-corrected chi connectivity index (χ1v) is 22.9. The van der Waals surface area contributed by atoms with Crippen LogP contribution in [0.5, 0.6) is 11.5 Å². The first-order chi connectivity index (χ1) is 34.1. The fourth-order valence-corrected chi connectivity index (χ4v) is 11.9. The molecule has 5 aromatic heterocycles. The minimum Gasteiger partial charge on any atom is -0.457 e. The van der Waals surface area contributed by atoms with E-state index in [-0.39, 0.29) is 0 Å². The van der Waals surface area contributed by atoms with Crippen LogP contribution in [0.1, 0.15) is 33.4 Å². The second-order valence-electron chi connectivity index (χ2n) is 18.0. The van der Waals surface area contributed by atoms with Crippen LogP contribution in [0.15, 0.2) is 200 Å². The normalized spacial score (nSPS) is 14.5. The van der Waals surface area contributed by atoms with Crippen molar-refractivity contribution in [3.05, 3.63) is 234 Å². The molecule has 318 valence electrons. The molecule has 0 amide bonds. The number of aromatic nitrogens is 5. The maximum Gasteiger partial charge on any atom is 0.134 e. The third-order valence-corrected chi connectivity index (χ3v) is 14.6. The van der Waals surface area contributed by atoms with Crippen LogP contribution in [0, 0.1) is 22.7 Å². The van der Waals surface area contributed by atoms with Crippen molar-refractivity contribution < 1.29 is 4.74 Å². The zero-order chi connectivity index (χ0) is 45.5. The summed E-state index contributed by atoms with van der Waals surface area (Å²) in [6.45, 7) is 0. The highest BCUT2D eigenvalue weighted by atomic mass is 16.5. The molecule has 8 heteroatoms. The molecule has 1 unspecified atom stereocenters. The number of hydrogen-bond acceptors (Lipinski definition) is 5. The van der Waals surface area contributed by atoms with E-state index in [1.54, 1.807) is 0 Å². The predicted molar refractivity (Wildman–Crippen MR) is 272 cm³/mol. The molecule has 8 nitrogen and oxygen atoms in total. The van der Waals surface area contributed by atoms with Crippen molar-refractivity contribution in [2.45, 2.75) is 5.41 Å². The number of nitrogens with zero attached hydrogens (tertiary/aromatic N) is 7. The minimum absolute atomic E-state index is 0.574. The maximum absolute atomic E-state index is 9.83. The Hall–Kier alpha value is -9.76. The Balaban J connectivity index is 0.949. The lowest BCUT2D eigenvalue weighted by Crippen LogP contribution is -2.32. The number of para-hydroxylation sites is 4. The molecule has 13 aromatic rings. The van der Waals surface area contributed by atoms with Gasteiger partial charge in [-0.25, -0.2) is 0 Å². The van der Waals surface area contributed by atoms with Crippen LogP contribution >= 0.6 is 0 Å². The number of hydrogen-bond donors (Lipinski definition) is 0. The van der Waals surface area contributed by atoms with Gasteiger partial charge >= 0.3 is 0 Å². The first kappa shape index (κ1) is 37.5. The van der Waals surface area contributed by atoms with E-state index in [0.29, 0.717) is 11.1 Å². The van der Waals surface area contributed by atoms with Gasteiger partial charge in [0, 0.05) is 72.6 Å². The van der Waals surface area contributed by atoms with Crippen LogP contribution in [0.3, 0.4) is 0 Å². The van der Waals surface area contributed by atoms with E-state index in [2.05, 4.69) is 165 Å². The molecule has 6 heterocycles. The van der Waals surface area contributed by atoms with Gasteiger partial charge in [0.25, 0.3) is 0 Å². The smallest absolute Gasteiger partial charge is 0.134 e. The summed E-state index contributed by atoms with van der Waals surface area (Å²) in [5.41, 5.74) is 15.5. The minimum atomic E-state index is -0.788. The van der Waals surface area contributed by atoms with E-state index >= 15 is 0 Å². The zero-order valence-electron chi connectivity index (χ0n) is 36.6. The van der Waals surface area contributed by atoms with Crippen LogP contribution in [-0.4, -0.2) is 23.7 Å². The molecule has 1 spiro atoms. The molecule has 69 heavy (non-hydrogen) atoms. The van der Waals surface area contributed by atoms with Gasteiger partial charge in [0.2, 0.25) is 0 Å². The second kappa shape index (κ2) is 13.6. The Labute approximate surface area is 394 Å². The highest BCUT2D eigenvalue weighted by molar-refractivity contribution is 6.13. The van der Waals surface area contributed by atoms with Crippen LogP contribution in [-0.2, 0) is 5.41 Å². The lowest BCUT2D eigenvalue weighted by Gasteiger charge is -2.39. The van der Waals surface area contributed by atoms with Crippen molar-refractivity contribution in [1.29, 1.82) is 10.5 Å². The number of benzene rings is 8. The molecule has 1 atom stereocenters. The number of rotatable bonds is 3. The highest BCUT2D eigenvalue weighted by Gasteiger charge is 2.52. The van der Waals surface area contributed by atoms with Crippen molar-refractivity contribution in [3.8, 4) is 52.1 Å². The molecule has 0 saturated carbocycles. The van der Waals surface area contributed by atoms with Crippen LogP contribution in [0.2, 0.25) is 0 Å². The second-order valence-corrected chi connectivity index (χ2v) is 18.0. The molecular weight excluding hydrogens is 847 g/mol. The van der Waals surface area contributed by atoms with Crippen LogP contribution in [0.25, 0.3) is 93.9 Å². The SMILES string of the molecule is N#Cc1ccc2c(c1)c1cc(C#N)ccc1n2-c1ccc2c(c1)c1ccccc1n2-c1ccc2c(c1)Oc1ccccc1C21c2cccnc2-c2ncc(-n3c4ccccc4c4ccccc43)cc21. The average molecular weight is 880 g/mol. The van der Waals surface area contributed by atoms with Gasteiger partial charge in [0.1, 0.15) is 11.5 Å². The quantitative estimate of drug-likeness (QED) is 0.176. The van der Waals surface area contributed by atoms with Crippen LogP contribution in [0.4, 0.5) is 0 Å². The Morgan fingerprint density at radius 1 is 0.377 bits per heavy atom. The van der Waals surface area contributed by atoms with E-state index in [9.17, 15) is 10.5 Å². The van der Waals surface area contributed by atoms with E-state index in [0.717, 1.165) is 117 Å². The zero-order valence-corrected chi connectivity index (χ0v) is 36.6. The summed E-state index contributed by atoms with van der Waals surface area (Å²) in [5, 5.41) is 26.1. The lowest BCUT2D eigenvalue weighted by atomic mass is 9.66. The number of ether oxygens (including phenoxy) is 1. The Bertz CT molecular complexity index is 4390. The standard InChI is InChI=1S/C61H33N7O/c62-33-36-19-24-54-44(28-36)45-29-37(34-63)20-25-55(45)66(54)38-22-26-56-46(30-38)43-12-3-7-17-53(43)67(56)39-21-23-48-58(32-39)69-57-18-8-4-13-47(57)61(48)49-14-9-27-64-59(49)60-50(61)31-40(35-65-60)68-51-15-5-1-10-41(51)42-11-2-6-16-52(42)68/h1-32,35H. The Morgan fingerprint density at radius 3 is 1.54 bits per heavy atom. The molecule has 0 fully saturated rings. The van der Waals surface area contributed by atoms with Crippen molar-refractivity contribution >= 4 is 65.4 Å². The lowest BCUT2D eigenvalue weighted by molar-refractivity contribution is 0.436. The summed E-state index contributed by atoms with van der Waals surface area (Å²) in [5.74, 6) is 1.55. The third-order valence-electron chi connectivity index (χ3n) is 14.6. The fourth-order valence-electron chi connectivity index (χ4n) is 11.9. The summed E-state index contributed by atoms with van der Waals surface area (Å²) < 4.78 is 14.0. The van der Waals surface area contributed by atoms with Gasteiger partial charge in [-0.1, -0.05) is 84.9 Å². The highest BCUT2D eigenvalue weighted by Crippen LogP contribution is 2.62. The van der Waals surface area contributed by atoms with E-state index < -0.39 is 5.41 Å². The average Bonchev–Trinajstić information content (AvgIpc) is 4.12. The molecule has 8 aromatic carbocycles. The van der Waals surface area contributed by atoms with Crippen molar-refractivity contribution in [3.63, 3.8) is 0 Å². The summed E-state index contributed by atoms with van der Waals surface area (Å²) in [7, 11) is 0. The molecule has 15 rings (SSSR count). The molecule has 0 bridgehead atoms. The predicted octanol–water partition coefficient (Wildman–Crippen LogP) is 14.0. The molecule has 1 aliphatic heterocycles. The number of nitriles is 2. The van der Waals surface area contributed by atoms with E-state index in [4.69, 9.17) is 14.7 Å². The monoisotopic (exact) mass is 879 g/mol. The summed E-state index contributed by atoms with van der Waals surface area (Å²) in [4.78, 5) is 10.4.